The van der Waals surface area contributed by atoms with Crippen molar-refractivity contribution in [2.24, 2.45) is 0 Å². The van der Waals surface area contributed by atoms with Gasteiger partial charge in [-0.1, -0.05) is 6.92 Å². The highest BCUT2D eigenvalue weighted by Crippen LogP contribution is 2.23. The van der Waals surface area contributed by atoms with E-state index >= 15 is 0 Å². The molecule has 0 aliphatic rings. The lowest BCUT2D eigenvalue weighted by Crippen LogP contribution is -2.10. The molecule has 1 N–H and O–H groups in total. The van der Waals surface area contributed by atoms with Crippen molar-refractivity contribution in [1.29, 1.82) is 0 Å². The first kappa shape index (κ1) is 10.1. The fourth-order valence-electron chi connectivity index (χ4n) is 0.892. The zero-order valence-electron chi connectivity index (χ0n) is 7.70. The van der Waals surface area contributed by atoms with E-state index in [1.54, 1.807) is 24.2 Å². The summed E-state index contributed by atoms with van der Waals surface area (Å²) in [5, 5.41) is 2.79. The summed E-state index contributed by atoms with van der Waals surface area (Å²) in [6.07, 6.45) is 5.84. The van der Waals surface area contributed by atoms with Gasteiger partial charge in [-0.25, -0.2) is 0 Å². The van der Waals surface area contributed by atoms with Crippen molar-refractivity contribution in [1.82, 2.24) is 4.98 Å². The van der Waals surface area contributed by atoms with E-state index in [2.05, 4.69) is 10.3 Å². The van der Waals surface area contributed by atoms with Gasteiger partial charge in [-0.3, -0.25) is 9.78 Å². The van der Waals surface area contributed by atoms with Crippen LogP contribution in [0.4, 0.5) is 5.69 Å². The number of carbonyl (C=O) groups excluding carboxylic acids is 1. The minimum atomic E-state index is 0.0169. The number of hydrogen-bond acceptors (Lipinski definition) is 3. The van der Waals surface area contributed by atoms with E-state index in [1.807, 2.05) is 19.2 Å². The van der Waals surface area contributed by atoms with Gasteiger partial charge in [0, 0.05) is 17.5 Å². The van der Waals surface area contributed by atoms with Crippen molar-refractivity contribution < 1.29 is 4.79 Å². The fraction of sp³-hybridized carbons (Fsp3) is 0.333. The predicted molar refractivity (Wildman–Crippen MR) is 54.9 cm³/mol. The van der Waals surface area contributed by atoms with Crippen LogP contribution in [-0.2, 0) is 4.79 Å². The van der Waals surface area contributed by atoms with Crippen LogP contribution < -0.4 is 5.32 Å². The monoisotopic (exact) mass is 196 g/mol. The van der Waals surface area contributed by atoms with Gasteiger partial charge in [0.2, 0.25) is 5.91 Å². The van der Waals surface area contributed by atoms with Crippen molar-refractivity contribution >= 4 is 23.4 Å². The molecule has 1 rings (SSSR count). The lowest BCUT2D eigenvalue weighted by molar-refractivity contribution is -0.115. The average molecular weight is 196 g/mol. The quantitative estimate of drug-likeness (QED) is 0.753. The second-order valence-corrected chi connectivity index (χ2v) is 3.33. The molecule has 13 heavy (non-hydrogen) atoms. The third-order valence-corrected chi connectivity index (χ3v) is 2.39. The standard InChI is InChI=1S/C9H12N2OS/c1-3-9(12)11-7-6-10-5-4-8(7)13-2/h4-6H,3H2,1-2H3,(H,11,12). The maximum Gasteiger partial charge on any atom is 0.224 e. The lowest BCUT2D eigenvalue weighted by Gasteiger charge is -2.06. The van der Waals surface area contributed by atoms with Gasteiger partial charge in [0.05, 0.1) is 11.9 Å². The number of rotatable bonds is 3. The lowest BCUT2D eigenvalue weighted by atomic mass is 10.4. The van der Waals surface area contributed by atoms with Gasteiger partial charge < -0.3 is 5.32 Å². The highest BCUT2D eigenvalue weighted by Gasteiger charge is 2.03. The normalized spacial score (nSPS) is 9.69. The van der Waals surface area contributed by atoms with Crippen molar-refractivity contribution in [2.75, 3.05) is 11.6 Å². The third-order valence-electron chi connectivity index (χ3n) is 1.60. The molecule has 4 heteroatoms. The number of nitrogens with one attached hydrogen (secondary N) is 1. The highest BCUT2D eigenvalue weighted by molar-refractivity contribution is 7.98. The first-order valence-corrected chi connectivity index (χ1v) is 5.28. The molecule has 0 radical (unpaired) electrons. The number of anilines is 1. The van der Waals surface area contributed by atoms with Crippen LogP contribution in [0, 0.1) is 0 Å². The molecule has 0 aromatic carbocycles. The highest BCUT2D eigenvalue weighted by atomic mass is 32.2. The molecular formula is C9H12N2OS. The summed E-state index contributed by atoms with van der Waals surface area (Å²) in [4.78, 5) is 16.1. The van der Waals surface area contributed by atoms with Gasteiger partial charge in [-0.2, -0.15) is 0 Å². The smallest absolute Gasteiger partial charge is 0.224 e. The van der Waals surface area contributed by atoms with E-state index in [0.717, 1.165) is 10.6 Å². The molecule has 3 nitrogen and oxygen atoms in total. The molecule has 1 heterocycles. The predicted octanol–water partition coefficient (Wildman–Crippen LogP) is 2.15. The van der Waals surface area contributed by atoms with Crippen LogP contribution in [0.2, 0.25) is 0 Å². The molecule has 0 fully saturated rings. The topological polar surface area (TPSA) is 42.0 Å². The molecule has 0 spiro atoms. The number of nitrogens with zero attached hydrogens (tertiary/aromatic N) is 1. The van der Waals surface area contributed by atoms with Crippen LogP contribution in [0.1, 0.15) is 13.3 Å². The summed E-state index contributed by atoms with van der Waals surface area (Å²) in [5.41, 5.74) is 0.793. The van der Waals surface area contributed by atoms with E-state index in [4.69, 9.17) is 0 Å². The Kier molecular flexibility index (Phi) is 3.76. The zero-order valence-corrected chi connectivity index (χ0v) is 8.52. The average Bonchev–Trinajstić information content (AvgIpc) is 2.18. The molecule has 1 amide bonds. The van der Waals surface area contributed by atoms with Gasteiger partial charge in [-0.15, -0.1) is 11.8 Å². The Bertz CT molecular complexity index is 301. The molecule has 0 saturated heterocycles. The maximum atomic E-state index is 11.1. The molecule has 0 atom stereocenters. The van der Waals surface area contributed by atoms with E-state index in [1.165, 1.54) is 0 Å². The van der Waals surface area contributed by atoms with Crippen LogP contribution in [0.3, 0.4) is 0 Å². The SMILES string of the molecule is CCC(=O)Nc1cnccc1SC. The van der Waals surface area contributed by atoms with Crippen molar-refractivity contribution in [3.8, 4) is 0 Å². The van der Waals surface area contributed by atoms with Gasteiger partial charge in [0.25, 0.3) is 0 Å². The fourth-order valence-corrected chi connectivity index (χ4v) is 1.41. The Morgan fingerprint density at radius 3 is 3.08 bits per heavy atom. The van der Waals surface area contributed by atoms with E-state index in [9.17, 15) is 4.79 Å². The number of aromatic nitrogens is 1. The largest absolute Gasteiger partial charge is 0.324 e. The molecule has 1 aromatic heterocycles. The Labute approximate surface area is 81.9 Å². The minimum Gasteiger partial charge on any atom is -0.324 e. The second kappa shape index (κ2) is 4.87. The second-order valence-electron chi connectivity index (χ2n) is 2.48. The van der Waals surface area contributed by atoms with Crippen LogP contribution >= 0.6 is 11.8 Å². The van der Waals surface area contributed by atoms with Gasteiger partial charge >= 0.3 is 0 Å². The zero-order chi connectivity index (χ0) is 9.68. The van der Waals surface area contributed by atoms with E-state index in [0.29, 0.717) is 6.42 Å². The number of hydrogen-bond donors (Lipinski definition) is 1. The van der Waals surface area contributed by atoms with Gasteiger partial charge in [-0.05, 0) is 12.3 Å². The molecule has 0 aliphatic carbocycles. The number of pyridine rings is 1. The molecule has 0 aliphatic heterocycles. The summed E-state index contributed by atoms with van der Waals surface area (Å²) in [7, 11) is 0. The summed E-state index contributed by atoms with van der Waals surface area (Å²) in [6, 6.07) is 1.88. The Morgan fingerprint density at radius 1 is 1.69 bits per heavy atom. The van der Waals surface area contributed by atoms with Crippen molar-refractivity contribution in [2.45, 2.75) is 18.2 Å². The maximum absolute atomic E-state index is 11.1. The minimum absolute atomic E-state index is 0.0169. The first-order chi connectivity index (χ1) is 6.27. The first-order valence-electron chi connectivity index (χ1n) is 4.05. The van der Waals surface area contributed by atoms with Crippen molar-refractivity contribution in [3.63, 3.8) is 0 Å². The van der Waals surface area contributed by atoms with Crippen LogP contribution in [-0.4, -0.2) is 17.1 Å². The Morgan fingerprint density at radius 2 is 2.46 bits per heavy atom. The number of amides is 1. The Hall–Kier alpha value is -1.03. The molecule has 70 valence electrons. The van der Waals surface area contributed by atoms with Crippen LogP contribution in [0.15, 0.2) is 23.4 Å². The summed E-state index contributed by atoms with van der Waals surface area (Å²) >= 11 is 1.59. The molecule has 0 bridgehead atoms. The number of carbonyl (C=O) groups is 1. The molecule has 0 saturated carbocycles. The van der Waals surface area contributed by atoms with Crippen LogP contribution in [0.25, 0.3) is 0 Å². The summed E-state index contributed by atoms with van der Waals surface area (Å²) in [6.45, 7) is 1.82. The summed E-state index contributed by atoms with van der Waals surface area (Å²) in [5.74, 6) is 0.0169. The molecular weight excluding hydrogens is 184 g/mol. The molecule has 1 aromatic rings. The van der Waals surface area contributed by atoms with Gasteiger partial charge in [0.15, 0.2) is 0 Å². The van der Waals surface area contributed by atoms with Crippen molar-refractivity contribution in [3.05, 3.63) is 18.5 Å². The number of thioether (sulfide) groups is 1. The van der Waals surface area contributed by atoms with E-state index < -0.39 is 0 Å². The van der Waals surface area contributed by atoms with Crippen LogP contribution in [0.5, 0.6) is 0 Å². The van der Waals surface area contributed by atoms with E-state index in [-0.39, 0.29) is 5.91 Å². The third kappa shape index (κ3) is 2.73. The van der Waals surface area contributed by atoms with Gasteiger partial charge in [0.1, 0.15) is 0 Å². The Balaban J connectivity index is 2.81. The summed E-state index contributed by atoms with van der Waals surface area (Å²) < 4.78 is 0. The molecule has 0 unspecified atom stereocenters.